The first-order chi connectivity index (χ1) is 11.0. The van der Waals surface area contributed by atoms with E-state index in [1.54, 1.807) is 0 Å². The Kier molecular flexibility index (Phi) is 8.98. The molecule has 24 heavy (non-hydrogen) atoms. The van der Waals surface area contributed by atoms with Crippen molar-refractivity contribution in [3.63, 3.8) is 0 Å². The molecular formula is C16H32ClN3O3S. The number of hydrogen-bond acceptors (Lipinski definition) is 4. The highest BCUT2D eigenvalue weighted by Crippen LogP contribution is 2.27. The average molecular weight is 382 g/mol. The number of nitrogens with two attached hydrogens (primary N) is 1. The fraction of sp³-hybridized carbons (Fsp3) is 0.938. The fourth-order valence-corrected chi connectivity index (χ4v) is 5.64. The molecule has 2 unspecified atom stereocenters. The van der Waals surface area contributed by atoms with Gasteiger partial charge in [-0.25, -0.2) is 8.42 Å². The SMILES string of the molecule is CCCS(=O)(=O)N1CCCC1C(=O)NC(CN)C1CCCCC1.Cl. The normalized spacial score (nSPS) is 24.3. The molecular weight excluding hydrogens is 350 g/mol. The van der Waals surface area contributed by atoms with Gasteiger partial charge in [0, 0.05) is 19.1 Å². The smallest absolute Gasteiger partial charge is 0.238 e. The van der Waals surface area contributed by atoms with Gasteiger partial charge in [-0.15, -0.1) is 12.4 Å². The zero-order valence-corrected chi connectivity index (χ0v) is 16.2. The third-order valence-electron chi connectivity index (χ3n) is 5.13. The van der Waals surface area contributed by atoms with E-state index < -0.39 is 16.1 Å². The summed E-state index contributed by atoms with van der Waals surface area (Å²) in [5.74, 6) is 0.378. The Hall–Kier alpha value is -0.370. The van der Waals surface area contributed by atoms with Crippen molar-refractivity contribution in [2.45, 2.75) is 70.4 Å². The largest absolute Gasteiger partial charge is 0.350 e. The van der Waals surface area contributed by atoms with E-state index in [0.29, 0.717) is 31.8 Å². The number of halogens is 1. The molecule has 0 bridgehead atoms. The van der Waals surface area contributed by atoms with Crippen LogP contribution in [0, 0.1) is 5.92 Å². The molecule has 1 amide bonds. The molecule has 0 aromatic carbocycles. The van der Waals surface area contributed by atoms with Gasteiger partial charge in [0.2, 0.25) is 15.9 Å². The summed E-state index contributed by atoms with van der Waals surface area (Å²) >= 11 is 0. The maximum absolute atomic E-state index is 12.6. The van der Waals surface area contributed by atoms with Crippen molar-refractivity contribution in [3.8, 4) is 0 Å². The fourth-order valence-electron chi connectivity index (χ4n) is 3.90. The molecule has 0 aromatic rings. The van der Waals surface area contributed by atoms with Crippen LogP contribution in [0.1, 0.15) is 58.3 Å². The van der Waals surface area contributed by atoms with E-state index >= 15 is 0 Å². The number of carbonyl (C=O) groups is 1. The molecule has 1 saturated carbocycles. The number of hydrogen-bond donors (Lipinski definition) is 2. The number of sulfonamides is 1. The van der Waals surface area contributed by atoms with E-state index in [1.807, 2.05) is 6.92 Å². The molecule has 1 heterocycles. The van der Waals surface area contributed by atoms with Gasteiger partial charge in [0.1, 0.15) is 6.04 Å². The second-order valence-corrected chi connectivity index (χ2v) is 8.87. The van der Waals surface area contributed by atoms with Gasteiger partial charge in [-0.2, -0.15) is 4.31 Å². The van der Waals surface area contributed by atoms with Crippen molar-refractivity contribution >= 4 is 28.3 Å². The van der Waals surface area contributed by atoms with Crippen LogP contribution >= 0.6 is 12.4 Å². The zero-order chi connectivity index (χ0) is 16.9. The number of nitrogens with one attached hydrogen (secondary N) is 1. The first kappa shape index (κ1) is 21.7. The summed E-state index contributed by atoms with van der Waals surface area (Å²) in [7, 11) is -3.33. The molecule has 2 aliphatic rings. The third kappa shape index (κ3) is 5.31. The van der Waals surface area contributed by atoms with Crippen LogP contribution in [0.5, 0.6) is 0 Å². The molecule has 1 aliphatic heterocycles. The van der Waals surface area contributed by atoms with Crippen LogP contribution in [-0.2, 0) is 14.8 Å². The van der Waals surface area contributed by atoms with Gasteiger partial charge < -0.3 is 11.1 Å². The summed E-state index contributed by atoms with van der Waals surface area (Å²) in [6.45, 7) is 2.72. The Morgan fingerprint density at radius 2 is 1.88 bits per heavy atom. The van der Waals surface area contributed by atoms with Gasteiger partial charge in [0.05, 0.1) is 5.75 Å². The topological polar surface area (TPSA) is 92.5 Å². The van der Waals surface area contributed by atoms with Gasteiger partial charge >= 0.3 is 0 Å². The van der Waals surface area contributed by atoms with Crippen molar-refractivity contribution in [1.29, 1.82) is 0 Å². The van der Waals surface area contributed by atoms with Crippen LogP contribution in [-0.4, -0.2) is 49.6 Å². The standard InChI is InChI=1S/C16H31N3O3S.ClH/c1-2-11-23(21,22)19-10-6-9-15(19)16(20)18-14(12-17)13-7-4-3-5-8-13;/h13-15H,2-12,17H2,1H3,(H,18,20);1H. The van der Waals surface area contributed by atoms with Crippen LogP contribution in [0.25, 0.3) is 0 Å². The number of amides is 1. The molecule has 0 aromatic heterocycles. The minimum atomic E-state index is -3.33. The summed E-state index contributed by atoms with van der Waals surface area (Å²) in [4.78, 5) is 12.6. The van der Waals surface area contributed by atoms with E-state index in [9.17, 15) is 13.2 Å². The maximum atomic E-state index is 12.6. The molecule has 6 nitrogen and oxygen atoms in total. The Labute approximate surface area is 152 Å². The molecule has 0 spiro atoms. The van der Waals surface area contributed by atoms with Crippen LogP contribution < -0.4 is 11.1 Å². The lowest BCUT2D eigenvalue weighted by molar-refractivity contribution is -0.125. The Balaban J connectivity index is 0.00000288. The highest BCUT2D eigenvalue weighted by Gasteiger charge is 2.39. The summed E-state index contributed by atoms with van der Waals surface area (Å²) < 4.78 is 26.1. The van der Waals surface area contributed by atoms with Crippen molar-refractivity contribution < 1.29 is 13.2 Å². The lowest BCUT2D eigenvalue weighted by atomic mass is 9.84. The van der Waals surface area contributed by atoms with Crippen molar-refractivity contribution in [3.05, 3.63) is 0 Å². The van der Waals surface area contributed by atoms with E-state index in [0.717, 1.165) is 19.3 Å². The summed E-state index contributed by atoms with van der Waals surface area (Å²) in [5.41, 5.74) is 5.87. The van der Waals surface area contributed by atoms with E-state index in [1.165, 1.54) is 23.6 Å². The maximum Gasteiger partial charge on any atom is 0.238 e. The third-order valence-corrected chi connectivity index (χ3v) is 7.20. The van der Waals surface area contributed by atoms with Crippen molar-refractivity contribution in [2.75, 3.05) is 18.8 Å². The predicted molar refractivity (Wildman–Crippen MR) is 98.6 cm³/mol. The molecule has 8 heteroatoms. The number of carbonyl (C=O) groups excluding carboxylic acids is 1. The zero-order valence-electron chi connectivity index (χ0n) is 14.6. The van der Waals surface area contributed by atoms with E-state index in [4.69, 9.17) is 5.73 Å². The lowest BCUT2D eigenvalue weighted by Crippen LogP contribution is -2.53. The van der Waals surface area contributed by atoms with Crippen molar-refractivity contribution in [1.82, 2.24) is 9.62 Å². The number of nitrogens with zero attached hydrogens (tertiary/aromatic N) is 1. The van der Waals surface area contributed by atoms with Gasteiger partial charge in [-0.05, 0) is 38.0 Å². The molecule has 2 rings (SSSR count). The highest BCUT2D eigenvalue weighted by molar-refractivity contribution is 7.89. The van der Waals surface area contributed by atoms with Gasteiger partial charge in [0.15, 0.2) is 0 Å². The Bertz CT molecular complexity index is 495. The van der Waals surface area contributed by atoms with Crippen LogP contribution in [0.2, 0.25) is 0 Å². The van der Waals surface area contributed by atoms with Crippen LogP contribution in [0.3, 0.4) is 0 Å². The van der Waals surface area contributed by atoms with Gasteiger partial charge in [-0.3, -0.25) is 4.79 Å². The summed E-state index contributed by atoms with van der Waals surface area (Å²) in [5, 5.41) is 3.05. The first-order valence-corrected chi connectivity index (χ1v) is 10.6. The quantitative estimate of drug-likeness (QED) is 0.701. The molecule has 2 atom stereocenters. The first-order valence-electron chi connectivity index (χ1n) is 8.99. The molecule has 3 N–H and O–H groups in total. The molecule has 142 valence electrons. The van der Waals surface area contributed by atoms with Crippen molar-refractivity contribution in [2.24, 2.45) is 11.7 Å². The van der Waals surface area contributed by atoms with Crippen LogP contribution in [0.15, 0.2) is 0 Å². The van der Waals surface area contributed by atoms with E-state index in [-0.39, 0.29) is 30.1 Å². The second-order valence-electron chi connectivity index (χ2n) is 6.83. The summed E-state index contributed by atoms with van der Waals surface area (Å²) in [6.07, 6.45) is 7.77. The minimum absolute atomic E-state index is 0. The average Bonchev–Trinajstić information content (AvgIpc) is 3.04. The predicted octanol–water partition coefficient (Wildman–Crippen LogP) is 1.64. The number of rotatable bonds is 7. The Morgan fingerprint density at radius 1 is 1.21 bits per heavy atom. The van der Waals surface area contributed by atoms with E-state index in [2.05, 4.69) is 5.32 Å². The van der Waals surface area contributed by atoms with Gasteiger partial charge in [-0.1, -0.05) is 26.2 Å². The lowest BCUT2D eigenvalue weighted by Gasteiger charge is -2.32. The Morgan fingerprint density at radius 3 is 2.46 bits per heavy atom. The monoisotopic (exact) mass is 381 g/mol. The van der Waals surface area contributed by atoms with Gasteiger partial charge in [0.25, 0.3) is 0 Å². The summed E-state index contributed by atoms with van der Waals surface area (Å²) in [6, 6.07) is -0.580. The minimum Gasteiger partial charge on any atom is -0.350 e. The van der Waals surface area contributed by atoms with Crippen LogP contribution in [0.4, 0.5) is 0 Å². The highest BCUT2D eigenvalue weighted by atomic mass is 35.5. The molecule has 0 radical (unpaired) electrons. The molecule has 1 saturated heterocycles. The molecule has 1 aliphatic carbocycles. The molecule has 2 fully saturated rings. The second kappa shape index (κ2) is 9.94.